The maximum atomic E-state index is 6.17. The molecule has 0 N–H and O–H groups in total. The van der Waals surface area contributed by atoms with Crippen molar-refractivity contribution in [3.63, 3.8) is 0 Å². The van der Waals surface area contributed by atoms with E-state index in [2.05, 4.69) is 23.0 Å². The molecule has 0 atom stereocenters. The molecule has 2 aromatic rings. The summed E-state index contributed by atoms with van der Waals surface area (Å²) in [6, 6.07) is 9.90. The van der Waals surface area contributed by atoms with Crippen LogP contribution < -0.4 is 0 Å². The largest absolute Gasteiger partial charge is 0.361 e. The molecule has 96 valence electrons. The van der Waals surface area contributed by atoms with Crippen LogP contribution in [0.2, 0.25) is 5.02 Å². The highest BCUT2D eigenvalue weighted by atomic mass is 35.5. The van der Waals surface area contributed by atoms with Gasteiger partial charge in [-0.15, -0.1) is 0 Å². The minimum absolute atomic E-state index is 0.777. The average Bonchev–Trinajstić information content (AvgIpc) is 2.76. The van der Waals surface area contributed by atoms with Gasteiger partial charge in [-0.2, -0.15) is 0 Å². The Morgan fingerprint density at radius 3 is 2.67 bits per heavy atom. The lowest BCUT2D eigenvalue weighted by atomic mass is 10.2. The van der Waals surface area contributed by atoms with E-state index in [9.17, 15) is 0 Å². The van der Waals surface area contributed by atoms with Gasteiger partial charge in [0.1, 0.15) is 5.76 Å². The third kappa shape index (κ3) is 3.34. The minimum atomic E-state index is 0.777. The molecule has 0 spiro atoms. The van der Waals surface area contributed by atoms with Gasteiger partial charge in [0.15, 0.2) is 0 Å². The zero-order chi connectivity index (χ0) is 13.0. The second-order valence-corrected chi connectivity index (χ2v) is 4.73. The Morgan fingerprint density at radius 2 is 2.06 bits per heavy atom. The molecular formula is C14H17ClN2O. The first-order chi connectivity index (χ1) is 8.69. The van der Waals surface area contributed by atoms with Gasteiger partial charge in [-0.3, -0.25) is 4.90 Å². The predicted molar refractivity (Wildman–Crippen MR) is 72.5 cm³/mol. The Morgan fingerprint density at radius 1 is 1.28 bits per heavy atom. The van der Waals surface area contributed by atoms with E-state index in [4.69, 9.17) is 16.1 Å². The molecule has 0 radical (unpaired) electrons. The predicted octanol–water partition coefficient (Wildman–Crippen LogP) is 3.66. The van der Waals surface area contributed by atoms with Gasteiger partial charge in [-0.05, 0) is 25.1 Å². The number of hydrogen-bond acceptors (Lipinski definition) is 3. The Balaban J connectivity index is 2.04. The second kappa shape index (κ2) is 6.03. The molecule has 0 bridgehead atoms. The Hall–Kier alpha value is -1.32. The third-order valence-corrected chi connectivity index (χ3v) is 3.23. The lowest BCUT2D eigenvalue weighted by Gasteiger charge is -2.19. The van der Waals surface area contributed by atoms with Crippen molar-refractivity contribution < 1.29 is 4.52 Å². The fourth-order valence-corrected chi connectivity index (χ4v) is 2.06. The summed E-state index contributed by atoms with van der Waals surface area (Å²) in [7, 11) is 0. The van der Waals surface area contributed by atoms with Crippen molar-refractivity contribution in [3.05, 3.63) is 52.4 Å². The quantitative estimate of drug-likeness (QED) is 0.825. The number of aromatic nitrogens is 1. The van der Waals surface area contributed by atoms with Crippen molar-refractivity contribution in [1.29, 1.82) is 0 Å². The highest BCUT2D eigenvalue weighted by Gasteiger charge is 2.09. The highest BCUT2D eigenvalue weighted by Crippen LogP contribution is 2.18. The number of rotatable bonds is 5. The molecule has 1 heterocycles. The van der Waals surface area contributed by atoms with Crippen molar-refractivity contribution in [3.8, 4) is 0 Å². The maximum Gasteiger partial charge on any atom is 0.133 e. The van der Waals surface area contributed by atoms with Crippen molar-refractivity contribution >= 4 is 11.6 Å². The van der Waals surface area contributed by atoms with Crippen LogP contribution in [-0.2, 0) is 13.1 Å². The van der Waals surface area contributed by atoms with Crippen LogP contribution in [0.25, 0.3) is 0 Å². The molecule has 4 heteroatoms. The highest BCUT2D eigenvalue weighted by molar-refractivity contribution is 6.31. The number of benzene rings is 1. The van der Waals surface area contributed by atoms with Crippen LogP contribution in [0.15, 0.2) is 34.9 Å². The van der Waals surface area contributed by atoms with Crippen molar-refractivity contribution in [2.24, 2.45) is 0 Å². The lowest BCUT2D eigenvalue weighted by Crippen LogP contribution is -2.22. The number of nitrogens with zero attached hydrogens (tertiary/aromatic N) is 2. The van der Waals surface area contributed by atoms with Gasteiger partial charge in [0, 0.05) is 24.2 Å². The second-order valence-electron chi connectivity index (χ2n) is 4.32. The Kier molecular flexibility index (Phi) is 4.39. The maximum absolute atomic E-state index is 6.17. The summed E-state index contributed by atoms with van der Waals surface area (Å²) >= 11 is 6.17. The van der Waals surface area contributed by atoms with Crippen molar-refractivity contribution in [1.82, 2.24) is 10.1 Å². The standard InChI is InChI=1S/C14H17ClN2O/c1-3-17(10-13-8-11(2)18-16-13)9-12-6-4-5-7-14(12)15/h4-8H,3,9-10H2,1-2H3. The minimum Gasteiger partial charge on any atom is -0.361 e. The van der Waals surface area contributed by atoms with Gasteiger partial charge in [0.2, 0.25) is 0 Å². The van der Waals surface area contributed by atoms with Crippen molar-refractivity contribution in [2.75, 3.05) is 6.54 Å². The first-order valence-electron chi connectivity index (χ1n) is 6.07. The molecule has 0 aliphatic rings. The molecule has 0 amide bonds. The molecule has 1 aromatic heterocycles. The fourth-order valence-electron chi connectivity index (χ4n) is 1.87. The van der Waals surface area contributed by atoms with Crippen LogP contribution in [0.4, 0.5) is 0 Å². The summed E-state index contributed by atoms with van der Waals surface area (Å²) in [4.78, 5) is 2.28. The fraction of sp³-hybridized carbons (Fsp3) is 0.357. The molecule has 0 aliphatic heterocycles. The molecule has 3 nitrogen and oxygen atoms in total. The van der Waals surface area contributed by atoms with E-state index in [1.165, 1.54) is 0 Å². The summed E-state index contributed by atoms with van der Waals surface area (Å²) in [5, 5.41) is 4.83. The lowest BCUT2D eigenvalue weighted by molar-refractivity contribution is 0.261. The van der Waals surface area contributed by atoms with E-state index in [1.807, 2.05) is 31.2 Å². The molecule has 18 heavy (non-hydrogen) atoms. The van der Waals surface area contributed by atoms with Crippen molar-refractivity contribution in [2.45, 2.75) is 26.9 Å². The Labute approximate surface area is 112 Å². The van der Waals surface area contributed by atoms with Crippen LogP contribution in [-0.4, -0.2) is 16.6 Å². The molecule has 0 saturated heterocycles. The number of halogens is 1. The van der Waals surface area contributed by atoms with E-state index in [0.717, 1.165) is 41.7 Å². The first-order valence-corrected chi connectivity index (χ1v) is 6.44. The third-order valence-electron chi connectivity index (χ3n) is 2.86. The summed E-state index contributed by atoms with van der Waals surface area (Å²) in [6.45, 7) is 6.57. The van der Waals surface area contributed by atoms with E-state index in [-0.39, 0.29) is 0 Å². The normalized spacial score (nSPS) is 11.1. The number of hydrogen-bond donors (Lipinski definition) is 0. The smallest absolute Gasteiger partial charge is 0.133 e. The molecule has 0 saturated carbocycles. The SMILES string of the molecule is CCN(Cc1cc(C)on1)Cc1ccccc1Cl. The summed E-state index contributed by atoms with van der Waals surface area (Å²) in [5.74, 6) is 0.846. The molecule has 0 aliphatic carbocycles. The zero-order valence-corrected chi connectivity index (χ0v) is 11.4. The molecule has 0 unspecified atom stereocenters. The van der Waals surface area contributed by atoms with Crippen LogP contribution in [0.1, 0.15) is 23.9 Å². The van der Waals surface area contributed by atoms with Gasteiger partial charge in [-0.1, -0.05) is 41.9 Å². The Bertz CT molecular complexity index is 510. The van der Waals surface area contributed by atoms with Gasteiger partial charge >= 0.3 is 0 Å². The van der Waals surface area contributed by atoms with Gasteiger partial charge in [0.25, 0.3) is 0 Å². The topological polar surface area (TPSA) is 29.3 Å². The van der Waals surface area contributed by atoms with E-state index in [1.54, 1.807) is 0 Å². The van der Waals surface area contributed by atoms with E-state index >= 15 is 0 Å². The van der Waals surface area contributed by atoms with Gasteiger partial charge in [0.05, 0.1) is 5.69 Å². The van der Waals surface area contributed by atoms with Crippen LogP contribution in [0, 0.1) is 6.92 Å². The van der Waals surface area contributed by atoms with Crippen LogP contribution in [0.3, 0.4) is 0 Å². The molecular weight excluding hydrogens is 248 g/mol. The summed E-state index contributed by atoms with van der Waals surface area (Å²) in [5.41, 5.74) is 2.10. The zero-order valence-electron chi connectivity index (χ0n) is 10.7. The monoisotopic (exact) mass is 264 g/mol. The van der Waals surface area contributed by atoms with Gasteiger partial charge < -0.3 is 4.52 Å². The van der Waals surface area contributed by atoms with E-state index in [0.29, 0.717) is 0 Å². The van der Waals surface area contributed by atoms with Crippen LogP contribution >= 0.6 is 11.6 Å². The first kappa shape index (κ1) is 13.1. The van der Waals surface area contributed by atoms with E-state index < -0.39 is 0 Å². The van der Waals surface area contributed by atoms with Crippen LogP contribution in [0.5, 0.6) is 0 Å². The summed E-state index contributed by atoms with van der Waals surface area (Å²) < 4.78 is 5.08. The number of aryl methyl sites for hydroxylation is 1. The summed E-state index contributed by atoms with van der Waals surface area (Å²) in [6.07, 6.45) is 0. The molecule has 1 aromatic carbocycles. The molecule has 0 fully saturated rings. The average molecular weight is 265 g/mol. The molecule has 2 rings (SSSR count). The van der Waals surface area contributed by atoms with Gasteiger partial charge in [-0.25, -0.2) is 0 Å².